The molecule has 2 rings (SSSR count). The van der Waals surface area contributed by atoms with Crippen molar-refractivity contribution < 1.29 is 19.0 Å². The van der Waals surface area contributed by atoms with Gasteiger partial charge in [0.2, 0.25) is 5.91 Å². The van der Waals surface area contributed by atoms with Gasteiger partial charge in [-0.15, -0.1) is 0 Å². The first-order valence-corrected chi connectivity index (χ1v) is 7.50. The van der Waals surface area contributed by atoms with E-state index in [0.717, 1.165) is 5.56 Å². The lowest BCUT2D eigenvalue weighted by Gasteiger charge is -2.21. The molecule has 1 aromatic carbocycles. The molecule has 1 N–H and O–H groups in total. The van der Waals surface area contributed by atoms with E-state index in [9.17, 15) is 14.3 Å². The molecule has 0 unspecified atom stereocenters. The molecule has 0 bridgehead atoms. The van der Waals surface area contributed by atoms with E-state index in [4.69, 9.17) is 4.74 Å². The van der Waals surface area contributed by atoms with Crippen LogP contribution in [0.2, 0.25) is 0 Å². The predicted octanol–water partition coefficient (Wildman–Crippen LogP) is 0.866. The smallest absolute Gasteiger partial charge is 0.236 e. The van der Waals surface area contributed by atoms with Crippen molar-refractivity contribution in [2.45, 2.75) is 25.7 Å². The van der Waals surface area contributed by atoms with Crippen LogP contribution in [0.1, 0.15) is 12.5 Å². The topological polar surface area (TPSA) is 53.0 Å². The van der Waals surface area contributed by atoms with E-state index in [-0.39, 0.29) is 24.4 Å². The predicted molar refractivity (Wildman–Crippen MR) is 80.7 cm³/mol. The fourth-order valence-electron chi connectivity index (χ4n) is 2.63. The highest BCUT2D eigenvalue weighted by atomic mass is 19.1. The van der Waals surface area contributed by atoms with Gasteiger partial charge in [0.25, 0.3) is 0 Å². The number of halogens is 1. The van der Waals surface area contributed by atoms with Crippen LogP contribution in [0.3, 0.4) is 0 Å². The molecule has 122 valence electrons. The van der Waals surface area contributed by atoms with Crippen LogP contribution < -0.4 is 0 Å². The number of hydrogen-bond donors (Lipinski definition) is 1. The third-order valence-electron chi connectivity index (χ3n) is 3.74. The Labute approximate surface area is 130 Å². The minimum Gasteiger partial charge on any atom is -0.388 e. The van der Waals surface area contributed by atoms with Gasteiger partial charge >= 0.3 is 0 Å². The summed E-state index contributed by atoms with van der Waals surface area (Å²) in [6.45, 7) is 3.95. The van der Waals surface area contributed by atoms with Gasteiger partial charge in [-0.2, -0.15) is 0 Å². The minimum absolute atomic E-state index is 0.0362. The normalized spacial score (nSPS) is 21.6. The Morgan fingerprint density at radius 1 is 1.41 bits per heavy atom. The average molecular weight is 310 g/mol. The van der Waals surface area contributed by atoms with E-state index in [1.807, 2.05) is 18.9 Å². The standard InChI is InChI=1S/C16H23FN2O3/c1-3-22-15-10-19(9-14(15)20)16(21)11-18(2)8-12-4-6-13(17)7-5-12/h4-7,14-15,20H,3,8-11H2,1-2H3/t14-,15-/m0/s1. The number of carbonyl (C=O) groups is 1. The maximum atomic E-state index is 12.9. The lowest BCUT2D eigenvalue weighted by Crippen LogP contribution is -2.38. The van der Waals surface area contributed by atoms with Crippen LogP contribution in [0.5, 0.6) is 0 Å². The summed E-state index contributed by atoms with van der Waals surface area (Å²) in [7, 11) is 1.84. The molecule has 0 saturated carbocycles. The Hall–Kier alpha value is -1.50. The van der Waals surface area contributed by atoms with Crippen LogP contribution in [0.15, 0.2) is 24.3 Å². The SMILES string of the molecule is CCO[C@H]1CN(C(=O)CN(C)Cc2ccc(F)cc2)C[C@@H]1O. The first kappa shape index (κ1) is 16.9. The fraction of sp³-hybridized carbons (Fsp3) is 0.562. The summed E-state index contributed by atoms with van der Waals surface area (Å²) in [6.07, 6.45) is -0.914. The van der Waals surface area contributed by atoms with Crippen LogP contribution in [0.25, 0.3) is 0 Å². The van der Waals surface area contributed by atoms with Crippen LogP contribution in [-0.4, -0.2) is 66.3 Å². The highest BCUT2D eigenvalue weighted by Crippen LogP contribution is 2.14. The van der Waals surface area contributed by atoms with Crippen molar-refractivity contribution >= 4 is 5.91 Å². The third kappa shape index (κ3) is 4.50. The van der Waals surface area contributed by atoms with Crippen molar-refractivity contribution in [2.75, 3.05) is 33.3 Å². The van der Waals surface area contributed by atoms with E-state index in [1.54, 1.807) is 17.0 Å². The molecule has 1 aliphatic heterocycles. The number of hydrogen-bond acceptors (Lipinski definition) is 4. The number of ether oxygens (including phenoxy) is 1. The van der Waals surface area contributed by atoms with Crippen molar-refractivity contribution in [1.82, 2.24) is 9.80 Å². The number of rotatable bonds is 6. The fourth-order valence-corrected chi connectivity index (χ4v) is 2.63. The highest BCUT2D eigenvalue weighted by molar-refractivity contribution is 5.78. The second-order valence-corrected chi connectivity index (χ2v) is 5.66. The van der Waals surface area contributed by atoms with Gasteiger partial charge in [-0.1, -0.05) is 12.1 Å². The molecule has 22 heavy (non-hydrogen) atoms. The molecule has 1 heterocycles. The molecule has 1 saturated heterocycles. The maximum absolute atomic E-state index is 12.9. The molecule has 0 aromatic heterocycles. The van der Waals surface area contributed by atoms with E-state index < -0.39 is 6.10 Å². The van der Waals surface area contributed by atoms with E-state index in [1.165, 1.54) is 12.1 Å². The molecule has 1 aliphatic rings. The lowest BCUT2D eigenvalue weighted by atomic mass is 10.2. The van der Waals surface area contributed by atoms with Gasteiger partial charge in [0.05, 0.1) is 12.6 Å². The van der Waals surface area contributed by atoms with Crippen molar-refractivity contribution in [3.63, 3.8) is 0 Å². The Bertz CT molecular complexity index is 495. The number of amides is 1. The first-order chi connectivity index (χ1) is 10.5. The molecule has 2 atom stereocenters. The maximum Gasteiger partial charge on any atom is 0.236 e. The van der Waals surface area contributed by atoms with Crippen molar-refractivity contribution in [3.05, 3.63) is 35.6 Å². The van der Waals surface area contributed by atoms with E-state index in [0.29, 0.717) is 26.2 Å². The molecule has 0 aliphatic carbocycles. The molecule has 1 amide bonds. The molecular weight excluding hydrogens is 287 g/mol. The van der Waals surface area contributed by atoms with Gasteiger partial charge in [-0.05, 0) is 31.7 Å². The first-order valence-electron chi connectivity index (χ1n) is 7.50. The van der Waals surface area contributed by atoms with Crippen LogP contribution >= 0.6 is 0 Å². The van der Waals surface area contributed by atoms with Gasteiger partial charge < -0.3 is 14.7 Å². The molecule has 1 aromatic rings. The number of aliphatic hydroxyl groups is 1. The van der Waals surface area contributed by atoms with E-state index >= 15 is 0 Å². The molecule has 0 radical (unpaired) electrons. The summed E-state index contributed by atoms with van der Waals surface area (Å²) in [5.41, 5.74) is 0.949. The average Bonchev–Trinajstić information content (AvgIpc) is 2.83. The summed E-state index contributed by atoms with van der Waals surface area (Å²) < 4.78 is 18.3. The number of carbonyl (C=O) groups excluding carboxylic acids is 1. The molecule has 5 nitrogen and oxygen atoms in total. The number of likely N-dealkylation sites (N-methyl/N-ethyl adjacent to an activating group) is 1. The summed E-state index contributed by atoms with van der Waals surface area (Å²) >= 11 is 0. The Morgan fingerprint density at radius 3 is 2.73 bits per heavy atom. The van der Waals surface area contributed by atoms with Crippen molar-refractivity contribution in [1.29, 1.82) is 0 Å². The highest BCUT2D eigenvalue weighted by Gasteiger charge is 2.34. The van der Waals surface area contributed by atoms with E-state index in [2.05, 4.69) is 0 Å². The van der Waals surface area contributed by atoms with Crippen LogP contribution in [0, 0.1) is 5.82 Å². The monoisotopic (exact) mass is 310 g/mol. The molecule has 6 heteroatoms. The third-order valence-corrected chi connectivity index (χ3v) is 3.74. The van der Waals surface area contributed by atoms with Crippen LogP contribution in [0.4, 0.5) is 4.39 Å². The van der Waals surface area contributed by atoms with Gasteiger partial charge in [0, 0.05) is 26.2 Å². The zero-order valence-corrected chi connectivity index (χ0v) is 13.0. The largest absolute Gasteiger partial charge is 0.388 e. The zero-order chi connectivity index (χ0) is 16.1. The molecule has 1 fully saturated rings. The number of benzene rings is 1. The number of aliphatic hydroxyl groups excluding tert-OH is 1. The van der Waals surface area contributed by atoms with Gasteiger partial charge in [0.1, 0.15) is 11.9 Å². The summed E-state index contributed by atoms with van der Waals surface area (Å²) in [4.78, 5) is 15.8. The second-order valence-electron chi connectivity index (χ2n) is 5.66. The molecular formula is C16H23FN2O3. The Balaban J connectivity index is 1.82. The molecule has 0 spiro atoms. The second kappa shape index (κ2) is 7.67. The number of β-amino-alcohol motifs (C(OH)–C–C–N with tert-alkyl or cyclic N) is 1. The summed E-state index contributed by atoms with van der Waals surface area (Å²) in [6, 6.07) is 6.24. The van der Waals surface area contributed by atoms with Crippen molar-refractivity contribution in [3.8, 4) is 0 Å². The number of likely N-dealkylation sites (tertiary alicyclic amines) is 1. The Morgan fingerprint density at radius 2 is 2.09 bits per heavy atom. The Kier molecular flexibility index (Phi) is 5.88. The van der Waals surface area contributed by atoms with Crippen LogP contribution in [-0.2, 0) is 16.1 Å². The zero-order valence-electron chi connectivity index (χ0n) is 13.0. The number of nitrogens with zero attached hydrogens (tertiary/aromatic N) is 2. The van der Waals surface area contributed by atoms with Gasteiger partial charge in [-0.3, -0.25) is 9.69 Å². The van der Waals surface area contributed by atoms with Gasteiger partial charge in [0.15, 0.2) is 0 Å². The quantitative estimate of drug-likeness (QED) is 0.847. The lowest BCUT2D eigenvalue weighted by molar-refractivity contribution is -0.131. The van der Waals surface area contributed by atoms with Crippen molar-refractivity contribution in [2.24, 2.45) is 0 Å². The summed E-state index contributed by atoms with van der Waals surface area (Å²) in [5.74, 6) is -0.304. The summed E-state index contributed by atoms with van der Waals surface area (Å²) in [5, 5.41) is 9.87. The van der Waals surface area contributed by atoms with Gasteiger partial charge in [-0.25, -0.2) is 4.39 Å². The minimum atomic E-state index is -0.619.